The van der Waals surface area contributed by atoms with Gasteiger partial charge in [-0.1, -0.05) is 11.6 Å². The number of anilines is 2. The van der Waals surface area contributed by atoms with Gasteiger partial charge in [0.2, 0.25) is 5.95 Å². The smallest absolute Gasteiger partial charge is 0.273 e. The third-order valence-corrected chi connectivity index (χ3v) is 5.62. The highest BCUT2D eigenvalue weighted by Crippen LogP contribution is 2.38. The number of rotatable bonds is 7. The van der Waals surface area contributed by atoms with E-state index in [-0.39, 0.29) is 34.7 Å². The van der Waals surface area contributed by atoms with Crippen LogP contribution in [0.3, 0.4) is 0 Å². The fraction of sp³-hybridized carbons (Fsp3) is 0.389. The van der Waals surface area contributed by atoms with Crippen LogP contribution in [0.25, 0.3) is 0 Å². The van der Waals surface area contributed by atoms with Crippen LogP contribution < -0.4 is 14.8 Å². The normalized spacial score (nSPS) is 14.0. The van der Waals surface area contributed by atoms with Crippen LogP contribution in [0.5, 0.6) is 0 Å². The molecule has 8 nitrogen and oxygen atoms in total. The SMILES string of the molecule is CC(CO)NSNc1c(Cl)c(C(=O)Nc2cc(F)nc(C#N)c2)n2c1CCCC2. The predicted molar refractivity (Wildman–Crippen MR) is 110 cm³/mol. The number of nitrogens with one attached hydrogen (secondary N) is 3. The van der Waals surface area contributed by atoms with Crippen LogP contribution in [0.2, 0.25) is 5.02 Å². The van der Waals surface area contributed by atoms with Crippen LogP contribution in [0, 0.1) is 17.3 Å². The number of aliphatic hydroxyl groups excluding tert-OH is 1. The molecule has 2 aromatic rings. The number of carbonyl (C=O) groups excluding carboxylic acids is 1. The van der Waals surface area contributed by atoms with Crippen molar-refractivity contribution in [1.29, 1.82) is 5.26 Å². The van der Waals surface area contributed by atoms with Crippen molar-refractivity contribution < 1.29 is 14.3 Å². The number of aromatic nitrogens is 2. The van der Waals surface area contributed by atoms with Gasteiger partial charge in [-0.3, -0.25) is 4.79 Å². The Bertz CT molecular complexity index is 961. The van der Waals surface area contributed by atoms with Crippen LogP contribution in [0.4, 0.5) is 15.8 Å². The summed E-state index contributed by atoms with van der Waals surface area (Å²) in [5.41, 5.74) is 1.82. The number of nitriles is 1. The quantitative estimate of drug-likeness (QED) is 0.388. The van der Waals surface area contributed by atoms with Crippen molar-refractivity contribution in [3.8, 4) is 6.07 Å². The van der Waals surface area contributed by atoms with E-state index in [0.29, 0.717) is 12.2 Å². The van der Waals surface area contributed by atoms with E-state index in [9.17, 15) is 9.18 Å². The fourth-order valence-corrected chi connectivity index (χ4v) is 4.12. The molecule has 1 unspecified atom stereocenters. The van der Waals surface area contributed by atoms with E-state index >= 15 is 0 Å². The lowest BCUT2D eigenvalue weighted by atomic mass is 10.1. The molecule has 29 heavy (non-hydrogen) atoms. The molecular weight excluding hydrogens is 419 g/mol. The second-order valence-electron chi connectivity index (χ2n) is 6.63. The van der Waals surface area contributed by atoms with Crippen LogP contribution in [0.15, 0.2) is 12.1 Å². The van der Waals surface area contributed by atoms with Crippen molar-refractivity contribution in [2.24, 2.45) is 0 Å². The van der Waals surface area contributed by atoms with Crippen molar-refractivity contribution in [3.63, 3.8) is 0 Å². The van der Waals surface area contributed by atoms with Crippen molar-refractivity contribution in [2.75, 3.05) is 16.6 Å². The van der Waals surface area contributed by atoms with E-state index < -0.39 is 11.9 Å². The Morgan fingerprint density at radius 3 is 3.03 bits per heavy atom. The Balaban J connectivity index is 1.87. The van der Waals surface area contributed by atoms with E-state index in [1.807, 2.05) is 11.5 Å². The maximum Gasteiger partial charge on any atom is 0.273 e. The molecule has 1 aliphatic rings. The molecule has 1 amide bonds. The molecule has 0 aliphatic carbocycles. The van der Waals surface area contributed by atoms with Gasteiger partial charge >= 0.3 is 0 Å². The molecule has 4 N–H and O–H groups in total. The van der Waals surface area contributed by atoms with Gasteiger partial charge in [0.05, 0.1) is 17.3 Å². The van der Waals surface area contributed by atoms with Crippen molar-refractivity contribution in [1.82, 2.24) is 14.3 Å². The largest absolute Gasteiger partial charge is 0.395 e. The first kappa shape index (κ1) is 21.4. The summed E-state index contributed by atoms with van der Waals surface area (Å²) in [4.78, 5) is 16.4. The van der Waals surface area contributed by atoms with E-state index in [4.69, 9.17) is 22.0 Å². The van der Waals surface area contributed by atoms with Gasteiger partial charge < -0.3 is 19.7 Å². The van der Waals surface area contributed by atoms with E-state index in [0.717, 1.165) is 31.0 Å². The monoisotopic (exact) mass is 438 g/mol. The molecule has 11 heteroatoms. The van der Waals surface area contributed by atoms with Gasteiger partial charge in [-0.25, -0.2) is 9.71 Å². The molecule has 0 aromatic carbocycles. The Kier molecular flexibility index (Phi) is 6.97. The van der Waals surface area contributed by atoms with Gasteiger partial charge in [0, 0.05) is 42.2 Å². The maximum absolute atomic E-state index is 13.6. The van der Waals surface area contributed by atoms with Gasteiger partial charge in [0.1, 0.15) is 17.5 Å². The number of pyridine rings is 1. The second kappa shape index (κ2) is 9.45. The Morgan fingerprint density at radius 1 is 1.52 bits per heavy atom. The molecule has 0 spiro atoms. The van der Waals surface area contributed by atoms with Gasteiger partial charge in [-0.2, -0.15) is 9.65 Å². The zero-order valence-electron chi connectivity index (χ0n) is 15.6. The summed E-state index contributed by atoms with van der Waals surface area (Å²) in [6.45, 7) is 2.45. The predicted octanol–water partition coefficient (Wildman–Crippen LogP) is 3.08. The highest BCUT2D eigenvalue weighted by molar-refractivity contribution is 7.98. The number of amides is 1. The highest BCUT2D eigenvalue weighted by atomic mass is 35.5. The zero-order valence-corrected chi connectivity index (χ0v) is 17.2. The van der Waals surface area contributed by atoms with E-state index in [1.54, 1.807) is 6.07 Å². The average Bonchev–Trinajstić information content (AvgIpc) is 2.99. The van der Waals surface area contributed by atoms with Crippen molar-refractivity contribution in [3.05, 3.63) is 40.2 Å². The summed E-state index contributed by atoms with van der Waals surface area (Å²) in [6.07, 6.45) is 2.64. The van der Waals surface area contributed by atoms with Gasteiger partial charge in [0.25, 0.3) is 5.91 Å². The molecule has 1 atom stereocenters. The van der Waals surface area contributed by atoms with E-state index in [2.05, 4.69) is 19.7 Å². The molecule has 3 rings (SSSR count). The van der Waals surface area contributed by atoms with Crippen LogP contribution in [-0.4, -0.2) is 33.2 Å². The number of carbonyl (C=O) groups is 1. The van der Waals surface area contributed by atoms with Gasteiger partial charge in [-0.05, 0) is 32.3 Å². The first-order valence-corrected chi connectivity index (χ1v) is 10.2. The number of fused-ring (bicyclic) bond motifs is 1. The first-order valence-electron chi connectivity index (χ1n) is 9.02. The average molecular weight is 439 g/mol. The number of aliphatic hydroxyl groups is 1. The zero-order chi connectivity index (χ0) is 21.0. The standard InChI is InChI=1S/C18H20ClFN6O2S/c1-10(9-27)24-29-25-16-13-4-2-3-5-26(13)17(15(16)19)18(28)23-11-6-12(8-21)22-14(20)7-11/h6-7,10,24-25,27H,2-5,9H2,1H3,(H,22,23,28). The minimum absolute atomic E-state index is 0.0168. The third kappa shape index (κ3) is 4.82. The lowest BCUT2D eigenvalue weighted by Crippen LogP contribution is -2.24. The summed E-state index contributed by atoms with van der Waals surface area (Å²) in [5.74, 6) is -1.35. The molecule has 0 radical (unpaired) electrons. The summed E-state index contributed by atoms with van der Waals surface area (Å²) >= 11 is 7.73. The number of hydrogen-bond acceptors (Lipinski definition) is 7. The molecule has 2 aromatic heterocycles. The summed E-state index contributed by atoms with van der Waals surface area (Å²) in [5, 5.41) is 20.9. The summed E-state index contributed by atoms with van der Waals surface area (Å²) < 4.78 is 21.6. The number of nitrogens with zero attached hydrogens (tertiary/aromatic N) is 3. The highest BCUT2D eigenvalue weighted by Gasteiger charge is 2.28. The van der Waals surface area contributed by atoms with Crippen LogP contribution in [0.1, 0.15) is 41.6 Å². The molecular formula is C18H20ClFN6O2S. The van der Waals surface area contributed by atoms with Crippen LogP contribution >= 0.6 is 23.7 Å². The van der Waals surface area contributed by atoms with Crippen molar-refractivity contribution >= 4 is 41.0 Å². The molecule has 1 aliphatic heterocycles. The number of halogens is 2. The maximum atomic E-state index is 13.6. The Hall–Kier alpha value is -2.32. The number of hydrogen-bond donors (Lipinski definition) is 4. The van der Waals surface area contributed by atoms with Crippen LogP contribution in [-0.2, 0) is 13.0 Å². The molecule has 0 saturated carbocycles. The second-order valence-corrected chi connectivity index (χ2v) is 7.65. The van der Waals surface area contributed by atoms with E-state index in [1.165, 1.54) is 18.2 Å². The lowest BCUT2D eigenvalue weighted by molar-refractivity contribution is 0.101. The first-order chi connectivity index (χ1) is 13.9. The summed E-state index contributed by atoms with van der Waals surface area (Å²) in [6, 6.07) is 3.97. The molecule has 0 fully saturated rings. The van der Waals surface area contributed by atoms with Gasteiger partial charge in [-0.15, -0.1) is 0 Å². The molecule has 0 saturated heterocycles. The molecule has 0 bridgehead atoms. The minimum atomic E-state index is -0.856. The topological polar surface area (TPSA) is 115 Å². The minimum Gasteiger partial charge on any atom is -0.395 e. The molecule has 3 heterocycles. The van der Waals surface area contributed by atoms with Gasteiger partial charge in [0.15, 0.2) is 0 Å². The lowest BCUT2D eigenvalue weighted by Gasteiger charge is -2.19. The summed E-state index contributed by atoms with van der Waals surface area (Å²) in [7, 11) is 0. The fourth-order valence-electron chi connectivity index (χ4n) is 3.06. The van der Waals surface area contributed by atoms with Crippen molar-refractivity contribution in [2.45, 2.75) is 38.8 Å². The third-order valence-electron chi connectivity index (χ3n) is 4.43. The Morgan fingerprint density at radius 2 is 2.31 bits per heavy atom. The molecule has 154 valence electrons. The Labute approximate surface area is 176 Å².